The Labute approximate surface area is 162 Å². The van der Waals surface area contributed by atoms with Crippen LogP contribution < -0.4 is 9.47 Å². The number of nitrogens with zero attached hydrogens (tertiary/aromatic N) is 1. The van der Waals surface area contributed by atoms with Gasteiger partial charge in [-0.25, -0.2) is 0 Å². The van der Waals surface area contributed by atoms with Crippen LogP contribution in [-0.2, 0) is 16.5 Å². The molecule has 9 heteroatoms. The van der Waals surface area contributed by atoms with Gasteiger partial charge in [0.1, 0.15) is 12.7 Å². The standard InChI is InChI=1S/C19H19NO7S/c1-2-3-16-17(20(21)22)10-11-18-19(16)27-14(12-26-18)7-4-13-5-8-15(9-6-13)28(23,24)25/h2-3,5-6,8-11,14H,4,7,12H2,1H3,(H,23,24,25)/t14-/m1/s1. The number of rotatable bonds is 6. The molecule has 3 rings (SSSR count). The van der Waals surface area contributed by atoms with Crippen molar-refractivity contribution in [1.82, 2.24) is 0 Å². The average Bonchev–Trinajstić information content (AvgIpc) is 2.66. The first-order chi connectivity index (χ1) is 13.3. The van der Waals surface area contributed by atoms with Gasteiger partial charge in [-0.1, -0.05) is 18.2 Å². The first-order valence-electron chi connectivity index (χ1n) is 8.59. The van der Waals surface area contributed by atoms with Crippen LogP contribution in [0, 0.1) is 10.1 Å². The summed E-state index contributed by atoms with van der Waals surface area (Å²) in [6.45, 7) is 2.07. The number of allylic oxidation sites excluding steroid dienone is 1. The monoisotopic (exact) mass is 405 g/mol. The summed E-state index contributed by atoms with van der Waals surface area (Å²) in [5, 5.41) is 11.3. The Kier molecular flexibility index (Phi) is 5.66. The van der Waals surface area contributed by atoms with Crippen molar-refractivity contribution >= 4 is 21.9 Å². The molecule has 0 bridgehead atoms. The third-order valence-corrected chi connectivity index (χ3v) is 5.22. The first-order valence-corrected chi connectivity index (χ1v) is 10.0. The zero-order valence-electron chi connectivity index (χ0n) is 15.1. The zero-order chi connectivity index (χ0) is 20.3. The van der Waals surface area contributed by atoms with Crippen molar-refractivity contribution in [3.63, 3.8) is 0 Å². The Morgan fingerprint density at radius 3 is 2.57 bits per heavy atom. The van der Waals surface area contributed by atoms with Crippen molar-refractivity contribution in [3.05, 3.63) is 63.7 Å². The lowest BCUT2D eigenvalue weighted by Crippen LogP contribution is -2.30. The summed E-state index contributed by atoms with van der Waals surface area (Å²) in [4.78, 5) is 10.7. The number of aryl methyl sites for hydroxylation is 1. The average molecular weight is 405 g/mol. The maximum atomic E-state index is 11.3. The molecule has 8 nitrogen and oxygen atoms in total. The molecule has 0 saturated carbocycles. The molecule has 0 fully saturated rings. The van der Waals surface area contributed by atoms with E-state index in [1.54, 1.807) is 31.2 Å². The molecular formula is C19H19NO7S. The summed E-state index contributed by atoms with van der Waals surface area (Å²) in [5.74, 6) is 0.817. The number of hydrogen-bond donors (Lipinski definition) is 1. The van der Waals surface area contributed by atoms with Crippen LogP contribution in [0.1, 0.15) is 24.5 Å². The quantitative estimate of drug-likeness (QED) is 0.443. The van der Waals surface area contributed by atoms with Crippen LogP contribution in [0.5, 0.6) is 11.5 Å². The normalized spacial score (nSPS) is 16.3. The van der Waals surface area contributed by atoms with E-state index in [0.29, 0.717) is 36.5 Å². The van der Waals surface area contributed by atoms with Crippen LogP contribution >= 0.6 is 0 Å². The highest BCUT2D eigenvalue weighted by Gasteiger charge is 2.28. The Balaban J connectivity index is 1.74. The molecule has 1 atom stereocenters. The highest BCUT2D eigenvalue weighted by Crippen LogP contribution is 2.41. The Morgan fingerprint density at radius 1 is 1.25 bits per heavy atom. The van der Waals surface area contributed by atoms with E-state index in [2.05, 4.69) is 0 Å². The van der Waals surface area contributed by atoms with Crippen molar-refractivity contribution in [3.8, 4) is 11.5 Å². The van der Waals surface area contributed by atoms with Crippen LogP contribution in [0.3, 0.4) is 0 Å². The molecule has 148 valence electrons. The van der Waals surface area contributed by atoms with Crippen molar-refractivity contribution in [2.75, 3.05) is 6.61 Å². The van der Waals surface area contributed by atoms with Gasteiger partial charge in [0.05, 0.1) is 15.4 Å². The van der Waals surface area contributed by atoms with Gasteiger partial charge in [0, 0.05) is 6.07 Å². The summed E-state index contributed by atoms with van der Waals surface area (Å²) in [6, 6.07) is 8.85. The molecule has 0 saturated heterocycles. The fourth-order valence-corrected chi connectivity index (χ4v) is 3.45. The van der Waals surface area contributed by atoms with E-state index < -0.39 is 15.0 Å². The van der Waals surface area contributed by atoms with Crippen LogP contribution in [0.25, 0.3) is 6.08 Å². The fraction of sp³-hybridized carbons (Fsp3) is 0.263. The molecule has 1 aliphatic rings. The fourth-order valence-electron chi connectivity index (χ4n) is 2.97. The van der Waals surface area contributed by atoms with Crippen molar-refractivity contribution in [1.29, 1.82) is 0 Å². The van der Waals surface area contributed by atoms with Crippen LogP contribution in [-0.4, -0.2) is 30.6 Å². The van der Waals surface area contributed by atoms with Crippen molar-refractivity contribution < 1.29 is 27.4 Å². The minimum absolute atomic E-state index is 0.0538. The molecule has 1 heterocycles. The number of nitro groups is 1. The minimum atomic E-state index is -4.22. The summed E-state index contributed by atoms with van der Waals surface area (Å²) in [7, 11) is -4.22. The van der Waals surface area contributed by atoms with E-state index in [-0.39, 0.29) is 16.7 Å². The Morgan fingerprint density at radius 2 is 1.96 bits per heavy atom. The second-order valence-corrected chi connectivity index (χ2v) is 7.71. The molecule has 0 amide bonds. The van der Waals surface area contributed by atoms with Gasteiger partial charge in [-0.2, -0.15) is 8.42 Å². The molecule has 0 aliphatic carbocycles. The van der Waals surface area contributed by atoms with Crippen LogP contribution in [0.2, 0.25) is 0 Å². The lowest BCUT2D eigenvalue weighted by atomic mass is 10.1. The summed E-state index contributed by atoms with van der Waals surface area (Å²) in [6.07, 6.45) is 4.18. The van der Waals surface area contributed by atoms with Gasteiger partial charge in [-0.3, -0.25) is 14.7 Å². The van der Waals surface area contributed by atoms with Gasteiger partial charge in [-0.15, -0.1) is 0 Å². The molecular weight excluding hydrogens is 386 g/mol. The highest BCUT2D eigenvalue weighted by molar-refractivity contribution is 7.85. The SMILES string of the molecule is CC=Cc1c([N+](=O)[O-])ccc2c1O[C@H](CCc1ccc(S(=O)(=O)O)cc1)CO2. The maximum Gasteiger partial charge on any atom is 0.294 e. The van der Waals surface area contributed by atoms with E-state index in [4.69, 9.17) is 14.0 Å². The number of hydrogen-bond acceptors (Lipinski definition) is 6. The van der Waals surface area contributed by atoms with E-state index in [9.17, 15) is 18.5 Å². The zero-order valence-corrected chi connectivity index (χ0v) is 15.9. The van der Waals surface area contributed by atoms with E-state index in [0.717, 1.165) is 5.56 Å². The number of fused-ring (bicyclic) bond motifs is 1. The smallest absolute Gasteiger partial charge is 0.294 e. The second kappa shape index (κ2) is 7.99. The van der Waals surface area contributed by atoms with Crippen LogP contribution in [0.4, 0.5) is 5.69 Å². The van der Waals surface area contributed by atoms with E-state index in [1.807, 2.05) is 0 Å². The minimum Gasteiger partial charge on any atom is -0.486 e. The first kappa shape index (κ1) is 19.8. The highest BCUT2D eigenvalue weighted by atomic mass is 32.2. The van der Waals surface area contributed by atoms with E-state index >= 15 is 0 Å². The van der Waals surface area contributed by atoms with Gasteiger partial charge in [0.15, 0.2) is 11.5 Å². The van der Waals surface area contributed by atoms with Gasteiger partial charge in [0.25, 0.3) is 15.8 Å². The lowest BCUT2D eigenvalue weighted by Gasteiger charge is -2.27. The topological polar surface area (TPSA) is 116 Å². The van der Waals surface area contributed by atoms with Gasteiger partial charge in [0.2, 0.25) is 0 Å². The summed E-state index contributed by atoms with van der Waals surface area (Å²) < 4.78 is 42.9. The van der Waals surface area contributed by atoms with E-state index in [1.165, 1.54) is 24.3 Å². The second-order valence-electron chi connectivity index (χ2n) is 6.29. The molecule has 0 aromatic heterocycles. The molecule has 0 spiro atoms. The Bertz CT molecular complexity index is 1010. The van der Waals surface area contributed by atoms with Crippen molar-refractivity contribution in [2.45, 2.75) is 30.8 Å². The van der Waals surface area contributed by atoms with Gasteiger partial charge in [-0.05, 0) is 49.6 Å². The number of nitro benzene ring substituents is 1. The molecule has 28 heavy (non-hydrogen) atoms. The number of ether oxygens (including phenoxy) is 2. The molecule has 1 N–H and O–H groups in total. The largest absolute Gasteiger partial charge is 0.486 e. The predicted molar refractivity (Wildman–Crippen MR) is 102 cm³/mol. The summed E-state index contributed by atoms with van der Waals surface area (Å²) >= 11 is 0. The van der Waals surface area contributed by atoms with Gasteiger partial charge >= 0.3 is 0 Å². The maximum absolute atomic E-state index is 11.3. The van der Waals surface area contributed by atoms with Crippen LogP contribution in [0.15, 0.2) is 47.4 Å². The predicted octanol–water partition coefficient (Wildman–Crippen LogP) is 3.65. The summed E-state index contributed by atoms with van der Waals surface area (Å²) in [5.41, 5.74) is 1.18. The lowest BCUT2D eigenvalue weighted by molar-refractivity contribution is -0.385. The number of benzene rings is 2. The Hall–Kier alpha value is -2.91. The molecule has 2 aromatic rings. The molecule has 2 aromatic carbocycles. The molecule has 0 radical (unpaired) electrons. The molecule has 0 unspecified atom stereocenters. The third-order valence-electron chi connectivity index (χ3n) is 4.35. The third kappa shape index (κ3) is 4.32. The van der Waals surface area contributed by atoms with Gasteiger partial charge < -0.3 is 9.47 Å². The van der Waals surface area contributed by atoms with Crippen molar-refractivity contribution in [2.24, 2.45) is 0 Å². The molecule has 1 aliphatic heterocycles.